The minimum Gasteiger partial charge on any atom is -0.465 e. The van der Waals surface area contributed by atoms with Crippen molar-refractivity contribution in [3.8, 4) is 0 Å². The van der Waals surface area contributed by atoms with Crippen LogP contribution in [0, 0.1) is 5.92 Å². The molecule has 0 aliphatic heterocycles. The van der Waals surface area contributed by atoms with E-state index in [4.69, 9.17) is 5.11 Å². The first-order valence-corrected chi connectivity index (χ1v) is 3.11. The van der Waals surface area contributed by atoms with Gasteiger partial charge < -0.3 is 5.11 Å². The van der Waals surface area contributed by atoms with Gasteiger partial charge in [-0.3, -0.25) is 10.1 Å². The number of carboxylic acid groups (broad SMARTS) is 1. The Labute approximate surface area is 59.2 Å². The van der Waals surface area contributed by atoms with Gasteiger partial charge in [-0.15, -0.1) is 0 Å². The zero-order valence-electron chi connectivity index (χ0n) is 6.05. The van der Waals surface area contributed by atoms with Crippen LogP contribution in [-0.2, 0) is 4.79 Å². The van der Waals surface area contributed by atoms with E-state index in [2.05, 4.69) is 0 Å². The van der Waals surface area contributed by atoms with Crippen LogP contribution in [0.1, 0.15) is 20.3 Å². The van der Waals surface area contributed by atoms with Gasteiger partial charge in [0.15, 0.2) is 0 Å². The second-order valence-electron chi connectivity index (χ2n) is 2.10. The van der Waals surface area contributed by atoms with Gasteiger partial charge in [0.1, 0.15) is 0 Å². The van der Waals surface area contributed by atoms with Crippen molar-refractivity contribution in [1.29, 1.82) is 0 Å². The van der Waals surface area contributed by atoms with Crippen molar-refractivity contribution in [1.82, 2.24) is 5.32 Å². The quantitative estimate of drug-likeness (QED) is 0.604. The van der Waals surface area contributed by atoms with Gasteiger partial charge in [0.2, 0.25) is 5.91 Å². The number of hydrogen-bond donors (Lipinski definition) is 2. The molecule has 4 nitrogen and oxygen atoms in total. The third kappa shape index (κ3) is 3.06. The Morgan fingerprint density at radius 2 is 2.10 bits per heavy atom. The fourth-order valence-electron chi connectivity index (χ4n) is 0.414. The van der Waals surface area contributed by atoms with Crippen molar-refractivity contribution < 1.29 is 14.7 Å². The molecular formula is C6H11NO3. The third-order valence-electron chi connectivity index (χ3n) is 1.29. The minimum atomic E-state index is -1.29. The summed E-state index contributed by atoms with van der Waals surface area (Å²) < 4.78 is 0. The van der Waals surface area contributed by atoms with E-state index < -0.39 is 12.0 Å². The molecule has 4 heteroatoms. The van der Waals surface area contributed by atoms with Gasteiger partial charge in [0.05, 0.1) is 0 Å². The van der Waals surface area contributed by atoms with E-state index in [0.29, 0.717) is 6.42 Å². The number of hydrogen-bond acceptors (Lipinski definition) is 2. The van der Waals surface area contributed by atoms with Crippen molar-refractivity contribution in [2.75, 3.05) is 0 Å². The number of nitrogens with one attached hydrogen (secondary N) is 1. The summed E-state index contributed by atoms with van der Waals surface area (Å²) in [6, 6.07) is 0. The molecule has 0 aliphatic rings. The smallest absolute Gasteiger partial charge is 0.411 e. The first kappa shape index (κ1) is 8.94. The number of amides is 2. The third-order valence-corrected chi connectivity index (χ3v) is 1.29. The van der Waals surface area contributed by atoms with Gasteiger partial charge in [0.25, 0.3) is 0 Å². The number of imide groups is 1. The van der Waals surface area contributed by atoms with E-state index in [0.717, 1.165) is 0 Å². The molecule has 2 amide bonds. The lowest BCUT2D eigenvalue weighted by molar-refractivity contribution is -0.123. The normalized spacial score (nSPS) is 12.2. The zero-order chi connectivity index (χ0) is 8.15. The lowest BCUT2D eigenvalue weighted by Gasteiger charge is -2.04. The molecule has 0 fully saturated rings. The van der Waals surface area contributed by atoms with E-state index in [1.54, 1.807) is 12.2 Å². The summed E-state index contributed by atoms with van der Waals surface area (Å²) in [6.07, 6.45) is -0.635. The number of carbonyl (C=O) groups is 2. The highest BCUT2D eigenvalue weighted by atomic mass is 16.4. The Bertz CT molecular complexity index is 144. The second kappa shape index (κ2) is 3.87. The van der Waals surface area contributed by atoms with Crippen LogP contribution in [0.5, 0.6) is 0 Å². The summed E-state index contributed by atoms with van der Waals surface area (Å²) in [7, 11) is 0. The van der Waals surface area contributed by atoms with Crippen LogP contribution in [0.3, 0.4) is 0 Å². The molecule has 0 saturated carbocycles. The summed E-state index contributed by atoms with van der Waals surface area (Å²) >= 11 is 0. The van der Waals surface area contributed by atoms with E-state index in [1.165, 1.54) is 0 Å². The molecule has 0 rings (SSSR count). The number of carbonyl (C=O) groups excluding carboxylic acids is 1. The predicted octanol–water partition coefficient (Wildman–Crippen LogP) is 0.827. The van der Waals surface area contributed by atoms with Crippen molar-refractivity contribution in [2.45, 2.75) is 20.3 Å². The predicted molar refractivity (Wildman–Crippen MR) is 35.6 cm³/mol. The van der Waals surface area contributed by atoms with Gasteiger partial charge in [-0.05, 0) is 6.42 Å². The first-order valence-electron chi connectivity index (χ1n) is 3.11. The SMILES string of the molecule is CCC(C)C(=O)NC(=O)O. The van der Waals surface area contributed by atoms with Crippen LogP contribution in [0.2, 0.25) is 0 Å². The van der Waals surface area contributed by atoms with Crippen LogP contribution in [0.4, 0.5) is 4.79 Å². The summed E-state index contributed by atoms with van der Waals surface area (Å²) in [5.74, 6) is -0.661. The lowest BCUT2D eigenvalue weighted by atomic mass is 10.1. The molecule has 0 spiro atoms. The monoisotopic (exact) mass is 145 g/mol. The highest BCUT2D eigenvalue weighted by Gasteiger charge is 2.11. The van der Waals surface area contributed by atoms with E-state index in [1.807, 2.05) is 6.92 Å². The van der Waals surface area contributed by atoms with Gasteiger partial charge in [0, 0.05) is 5.92 Å². The standard InChI is InChI=1S/C6H11NO3/c1-3-4(2)5(8)7-6(9)10/h4H,3H2,1-2H3,(H,7,8)(H,9,10). The average molecular weight is 145 g/mol. The Hall–Kier alpha value is -1.06. The fraction of sp³-hybridized carbons (Fsp3) is 0.667. The highest BCUT2D eigenvalue weighted by molar-refractivity contribution is 5.91. The molecule has 10 heavy (non-hydrogen) atoms. The van der Waals surface area contributed by atoms with Gasteiger partial charge in [-0.25, -0.2) is 4.79 Å². The largest absolute Gasteiger partial charge is 0.465 e. The van der Waals surface area contributed by atoms with Gasteiger partial charge in [-0.2, -0.15) is 0 Å². The van der Waals surface area contributed by atoms with Crippen LogP contribution in [0.15, 0.2) is 0 Å². The molecule has 0 aromatic rings. The molecule has 0 aliphatic carbocycles. The average Bonchev–Trinajstić information content (AvgIpc) is 1.85. The molecule has 0 radical (unpaired) electrons. The maximum atomic E-state index is 10.7. The molecule has 1 unspecified atom stereocenters. The Morgan fingerprint density at radius 3 is 2.40 bits per heavy atom. The van der Waals surface area contributed by atoms with Crippen molar-refractivity contribution in [3.05, 3.63) is 0 Å². The first-order chi connectivity index (χ1) is 4.57. The van der Waals surface area contributed by atoms with Crippen LogP contribution >= 0.6 is 0 Å². The van der Waals surface area contributed by atoms with Gasteiger partial charge >= 0.3 is 6.09 Å². The molecule has 1 atom stereocenters. The van der Waals surface area contributed by atoms with Crippen molar-refractivity contribution >= 4 is 12.0 Å². The lowest BCUT2D eigenvalue weighted by Crippen LogP contribution is -2.33. The van der Waals surface area contributed by atoms with E-state index >= 15 is 0 Å². The maximum absolute atomic E-state index is 10.7. The van der Waals surface area contributed by atoms with E-state index in [9.17, 15) is 9.59 Å². The van der Waals surface area contributed by atoms with E-state index in [-0.39, 0.29) is 5.92 Å². The molecule has 2 N–H and O–H groups in total. The van der Waals surface area contributed by atoms with Crippen LogP contribution < -0.4 is 5.32 Å². The summed E-state index contributed by atoms with van der Waals surface area (Å²) in [5, 5.41) is 9.87. The Balaban J connectivity index is 3.73. The van der Waals surface area contributed by atoms with Crippen molar-refractivity contribution in [3.63, 3.8) is 0 Å². The molecule has 0 saturated heterocycles. The summed E-state index contributed by atoms with van der Waals surface area (Å²) in [4.78, 5) is 20.6. The van der Waals surface area contributed by atoms with Crippen LogP contribution in [0.25, 0.3) is 0 Å². The molecule has 0 aromatic carbocycles. The number of rotatable bonds is 2. The summed E-state index contributed by atoms with van der Waals surface area (Å²) in [6.45, 7) is 3.50. The molecular weight excluding hydrogens is 134 g/mol. The zero-order valence-corrected chi connectivity index (χ0v) is 6.05. The molecule has 0 aromatic heterocycles. The highest BCUT2D eigenvalue weighted by Crippen LogP contribution is 1.98. The summed E-state index contributed by atoms with van der Waals surface area (Å²) in [5.41, 5.74) is 0. The van der Waals surface area contributed by atoms with Crippen LogP contribution in [-0.4, -0.2) is 17.1 Å². The Kier molecular flexibility index (Phi) is 3.46. The second-order valence-corrected chi connectivity index (χ2v) is 2.10. The minimum absolute atomic E-state index is 0.226. The van der Waals surface area contributed by atoms with Crippen molar-refractivity contribution in [2.24, 2.45) is 5.92 Å². The molecule has 0 heterocycles. The molecule has 0 bridgehead atoms. The van der Waals surface area contributed by atoms with Gasteiger partial charge in [-0.1, -0.05) is 13.8 Å². The Morgan fingerprint density at radius 1 is 1.60 bits per heavy atom. The fourth-order valence-corrected chi connectivity index (χ4v) is 0.414. The maximum Gasteiger partial charge on any atom is 0.411 e. The molecule has 58 valence electrons. The topological polar surface area (TPSA) is 66.4 Å².